The van der Waals surface area contributed by atoms with Crippen molar-refractivity contribution in [2.45, 2.75) is 89.8 Å². The molecule has 4 unspecified atom stereocenters. The molecule has 1 saturated heterocycles. The highest BCUT2D eigenvalue weighted by molar-refractivity contribution is 5.77. The van der Waals surface area contributed by atoms with Gasteiger partial charge in [-0.1, -0.05) is 25.7 Å². The van der Waals surface area contributed by atoms with E-state index in [0.717, 1.165) is 11.8 Å². The lowest BCUT2D eigenvalue weighted by atomic mass is 9.73. The van der Waals surface area contributed by atoms with Gasteiger partial charge in [0.2, 0.25) is 0 Å². The Hall–Kier alpha value is -1.10. The van der Waals surface area contributed by atoms with Gasteiger partial charge in [-0.2, -0.15) is 0 Å². The van der Waals surface area contributed by atoms with Crippen LogP contribution in [0.25, 0.3) is 0 Å². The molecular weight excluding hydrogens is 318 g/mol. The first-order chi connectivity index (χ1) is 11.8. The standard InChI is InChI=1S/C20H33NO4/c1-20(2,3)25-19(23)13-24-18(22)12-21-16-10-6-4-8-14(16)15-9-5-7-11-17(15)21/h14-17H,4-13H2,1-3H3. The lowest BCUT2D eigenvalue weighted by Crippen LogP contribution is -2.43. The lowest BCUT2D eigenvalue weighted by Gasteiger charge is -2.33. The maximum absolute atomic E-state index is 12.3. The van der Waals surface area contributed by atoms with Crippen LogP contribution in [0, 0.1) is 11.8 Å². The van der Waals surface area contributed by atoms with Crippen molar-refractivity contribution in [3.63, 3.8) is 0 Å². The first-order valence-electron chi connectivity index (χ1n) is 9.98. The molecule has 3 rings (SSSR count). The zero-order valence-electron chi connectivity index (χ0n) is 16.0. The number of likely N-dealkylation sites (tertiary alicyclic amines) is 1. The molecule has 3 fully saturated rings. The van der Waals surface area contributed by atoms with Crippen LogP contribution in [0.5, 0.6) is 0 Å². The molecule has 25 heavy (non-hydrogen) atoms. The molecule has 0 bridgehead atoms. The first kappa shape index (κ1) is 18.7. The van der Waals surface area contributed by atoms with Crippen molar-refractivity contribution in [2.75, 3.05) is 13.2 Å². The van der Waals surface area contributed by atoms with Gasteiger partial charge in [-0.05, 0) is 58.3 Å². The van der Waals surface area contributed by atoms with E-state index in [1.54, 1.807) is 0 Å². The number of hydrogen-bond acceptors (Lipinski definition) is 5. The summed E-state index contributed by atoms with van der Waals surface area (Å²) in [5.41, 5.74) is -0.552. The van der Waals surface area contributed by atoms with Crippen molar-refractivity contribution in [2.24, 2.45) is 11.8 Å². The van der Waals surface area contributed by atoms with Crippen LogP contribution in [-0.4, -0.2) is 47.7 Å². The predicted octanol–water partition coefficient (Wildman–Crippen LogP) is 3.30. The van der Waals surface area contributed by atoms with Gasteiger partial charge in [0.15, 0.2) is 6.61 Å². The van der Waals surface area contributed by atoms with Gasteiger partial charge in [0.1, 0.15) is 5.60 Å². The van der Waals surface area contributed by atoms with E-state index in [2.05, 4.69) is 4.90 Å². The highest BCUT2D eigenvalue weighted by Crippen LogP contribution is 2.48. The number of nitrogens with zero attached hydrogens (tertiary/aromatic N) is 1. The minimum atomic E-state index is -0.552. The summed E-state index contributed by atoms with van der Waals surface area (Å²) in [5, 5.41) is 0. The van der Waals surface area contributed by atoms with Crippen molar-refractivity contribution >= 4 is 11.9 Å². The first-order valence-corrected chi connectivity index (χ1v) is 9.98. The third-order valence-electron chi connectivity index (χ3n) is 6.05. The summed E-state index contributed by atoms with van der Waals surface area (Å²) in [6, 6.07) is 1.08. The van der Waals surface area contributed by atoms with E-state index in [1.165, 1.54) is 51.4 Å². The van der Waals surface area contributed by atoms with E-state index < -0.39 is 11.6 Å². The quantitative estimate of drug-likeness (QED) is 0.727. The van der Waals surface area contributed by atoms with Crippen molar-refractivity contribution in [1.29, 1.82) is 0 Å². The fraction of sp³-hybridized carbons (Fsp3) is 0.900. The Morgan fingerprint density at radius 1 is 0.880 bits per heavy atom. The number of hydrogen-bond donors (Lipinski definition) is 0. The van der Waals surface area contributed by atoms with Crippen LogP contribution in [0.2, 0.25) is 0 Å². The second-order valence-electron chi connectivity index (χ2n) is 8.95. The second-order valence-corrected chi connectivity index (χ2v) is 8.95. The highest BCUT2D eigenvalue weighted by Gasteiger charge is 2.50. The Kier molecular flexibility index (Phi) is 5.71. The minimum Gasteiger partial charge on any atom is -0.457 e. The van der Waals surface area contributed by atoms with E-state index in [9.17, 15) is 9.59 Å². The van der Waals surface area contributed by atoms with Gasteiger partial charge >= 0.3 is 11.9 Å². The van der Waals surface area contributed by atoms with Crippen molar-refractivity contribution in [3.8, 4) is 0 Å². The largest absolute Gasteiger partial charge is 0.457 e. The van der Waals surface area contributed by atoms with Crippen molar-refractivity contribution in [3.05, 3.63) is 0 Å². The maximum Gasteiger partial charge on any atom is 0.344 e. The molecular formula is C20H33NO4. The molecule has 3 aliphatic rings. The van der Waals surface area contributed by atoms with Crippen LogP contribution in [0.4, 0.5) is 0 Å². The zero-order valence-corrected chi connectivity index (χ0v) is 16.0. The van der Waals surface area contributed by atoms with Crippen molar-refractivity contribution < 1.29 is 19.1 Å². The molecule has 0 aromatic heterocycles. The van der Waals surface area contributed by atoms with Crippen LogP contribution in [0.15, 0.2) is 0 Å². The molecule has 1 heterocycles. The molecule has 2 saturated carbocycles. The van der Waals surface area contributed by atoms with Crippen LogP contribution in [0.1, 0.15) is 72.1 Å². The number of carbonyl (C=O) groups excluding carboxylic acids is 2. The normalized spacial score (nSPS) is 32.6. The average Bonchev–Trinajstić information content (AvgIpc) is 2.86. The number of rotatable bonds is 4. The molecule has 0 spiro atoms. The van der Waals surface area contributed by atoms with Gasteiger partial charge in [0.25, 0.3) is 0 Å². The molecule has 0 N–H and O–H groups in total. The second kappa shape index (κ2) is 7.65. The van der Waals surface area contributed by atoms with Gasteiger partial charge in [0, 0.05) is 12.1 Å². The molecule has 0 aromatic carbocycles. The molecule has 2 aliphatic carbocycles. The molecule has 1 aliphatic heterocycles. The Morgan fingerprint density at radius 3 is 1.92 bits per heavy atom. The molecule has 0 amide bonds. The van der Waals surface area contributed by atoms with Crippen LogP contribution in [-0.2, 0) is 19.1 Å². The summed E-state index contributed by atoms with van der Waals surface area (Å²) in [6.07, 6.45) is 10.2. The maximum atomic E-state index is 12.3. The fourth-order valence-corrected chi connectivity index (χ4v) is 5.29. The van der Waals surface area contributed by atoms with Crippen LogP contribution in [0.3, 0.4) is 0 Å². The molecule has 142 valence electrons. The zero-order chi connectivity index (χ0) is 18.0. The Labute approximate surface area is 151 Å². The average molecular weight is 351 g/mol. The van der Waals surface area contributed by atoms with Gasteiger partial charge < -0.3 is 9.47 Å². The Balaban J connectivity index is 1.55. The van der Waals surface area contributed by atoms with Gasteiger partial charge in [-0.25, -0.2) is 4.79 Å². The number of ether oxygens (including phenoxy) is 2. The van der Waals surface area contributed by atoms with Crippen LogP contribution < -0.4 is 0 Å². The third kappa shape index (κ3) is 4.55. The monoisotopic (exact) mass is 351 g/mol. The van der Waals surface area contributed by atoms with E-state index in [1.807, 2.05) is 20.8 Å². The number of esters is 2. The minimum absolute atomic E-state index is 0.286. The molecule has 0 aromatic rings. The lowest BCUT2D eigenvalue weighted by molar-refractivity contribution is -0.167. The summed E-state index contributed by atoms with van der Waals surface area (Å²) < 4.78 is 10.4. The summed E-state index contributed by atoms with van der Waals surface area (Å²) in [4.78, 5) is 26.5. The summed E-state index contributed by atoms with van der Waals surface area (Å²) >= 11 is 0. The van der Waals surface area contributed by atoms with E-state index in [0.29, 0.717) is 18.6 Å². The summed E-state index contributed by atoms with van der Waals surface area (Å²) in [7, 11) is 0. The topological polar surface area (TPSA) is 55.8 Å². The number of carbonyl (C=O) groups is 2. The van der Waals surface area contributed by atoms with Crippen LogP contribution >= 0.6 is 0 Å². The van der Waals surface area contributed by atoms with Gasteiger partial charge in [-0.15, -0.1) is 0 Å². The van der Waals surface area contributed by atoms with E-state index in [-0.39, 0.29) is 12.6 Å². The van der Waals surface area contributed by atoms with Crippen molar-refractivity contribution in [1.82, 2.24) is 4.90 Å². The summed E-state index contributed by atoms with van der Waals surface area (Å²) in [5.74, 6) is 0.755. The van der Waals surface area contributed by atoms with Gasteiger partial charge in [-0.3, -0.25) is 9.69 Å². The van der Waals surface area contributed by atoms with E-state index in [4.69, 9.17) is 9.47 Å². The van der Waals surface area contributed by atoms with E-state index >= 15 is 0 Å². The smallest absolute Gasteiger partial charge is 0.344 e. The highest BCUT2D eigenvalue weighted by atomic mass is 16.6. The molecule has 5 nitrogen and oxygen atoms in total. The SMILES string of the molecule is CC(C)(C)OC(=O)COC(=O)CN1C2CCCCC2C2CCCCC21. The Bertz CT molecular complexity index is 476. The van der Waals surface area contributed by atoms with Gasteiger partial charge in [0.05, 0.1) is 6.54 Å². The molecule has 0 radical (unpaired) electrons. The fourth-order valence-electron chi connectivity index (χ4n) is 5.29. The Morgan fingerprint density at radius 2 is 1.40 bits per heavy atom. The number of fused-ring (bicyclic) bond motifs is 3. The third-order valence-corrected chi connectivity index (χ3v) is 6.05. The molecule has 4 atom stereocenters. The molecule has 5 heteroatoms. The summed E-state index contributed by atoms with van der Waals surface area (Å²) in [6.45, 7) is 5.47. The predicted molar refractivity (Wildman–Crippen MR) is 95.0 cm³/mol.